The van der Waals surface area contributed by atoms with E-state index in [1.165, 1.54) is 30.2 Å². The van der Waals surface area contributed by atoms with Crippen molar-refractivity contribution in [2.75, 3.05) is 5.75 Å². The topological polar surface area (TPSA) is 70.7 Å². The first-order valence-corrected chi connectivity index (χ1v) is 9.04. The highest BCUT2D eigenvalue weighted by molar-refractivity contribution is 8.00. The Bertz CT molecular complexity index is 1080. The third-order valence-electron chi connectivity index (χ3n) is 3.98. The Hall–Kier alpha value is -2.93. The van der Waals surface area contributed by atoms with E-state index in [2.05, 4.69) is 20.3 Å². The number of hydrogen-bond acceptors (Lipinski definition) is 4. The summed E-state index contributed by atoms with van der Waals surface area (Å²) >= 11 is 1.32. The van der Waals surface area contributed by atoms with Crippen LogP contribution in [0.1, 0.15) is 5.56 Å². The number of carbonyl (C=O) groups is 1. The average Bonchev–Trinajstić information content (AvgIpc) is 3.04. The van der Waals surface area contributed by atoms with Crippen LogP contribution in [0.2, 0.25) is 0 Å². The Kier molecular flexibility index (Phi) is 4.53. The van der Waals surface area contributed by atoms with Gasteiger partial charge >= 0.3 is 0 Å². The van der Waals surface area contributed by atoms with Gasteiger partial charge in [0.25, 0.3) is 0 Å². The molecule has 5 nitrogen and oxygen atoms in total. The van der Waals surface area contributed by atoms with E-state index in [1.807, 2.05) is 30.3 Å². The Morgan fingerprint density at radius 2 is 2.00 bits per heavy atom. The molecule has 0 radical (unpaired) electrons. The van der Waals surface area contributed by atoms with Gasteiger partial charge in [0.1, 0.15) is 22.7 Å². The summed E-state index contributed by atoms with van der Waals surface area (Å²) in [5.74, 6) is -0.151. The molecule has 7 heteroatoms. The van der Waals surface area contributed by atoms with Crippen LogP contribution in [0.25, 0.3) is 21.9 Å². The van der Waals surface area contributed by atoms with E-state index in [1.54, 1.807) is 6.07 Å². The van der Waals surface area contributed by atoms with Crippen LogP contribution in [0.4, 0.5) is 4.39 Å². The van der Waals surface area contributed by atoms with Crippen LogP contribution in [-0.4, -0.2) is 26.6 Å². The minimum absolute atomic E-state index is 0.0761. The molecule has 1 amide bonds. The molecule has 4 aromatic rings. The van der Waals surface area contributed by atoms with Crippen molar-refractivity contribution in [3.8, 4) is 0 Å². The average molecular weight is 366 g/mol. The lowest BCUT2D eigenvalue weighted by atomic mass is 10.2. The predicted molar refractivity (Wildman–Crippen MR) is 100 cm³/mol. The van der Waals surface area contributed by atoms with E-state index in [9.17, 15) is 9.18 Å². The number of fused-ring (bicyclic) bond motifs is 3. The van der Waals surface area contributed by atoms with Crippen molar-refractivity contribution in [3.63, 3.8) is 0 Å². The summed E-state index contributed by atoms with van der Waals surface area (Å²) in [6, 6.07) is 14.3. The van der Waals surface area contributed by atoms with Crippen LogP contribution in [0.3, 0.4) is 0 Å². The molecule has 0 saturated heterocycles. The smallest absolute Gasteiger partial charge is 0.230 e. The number of nitrogens with zero attached hydrogens (tertiary/aromatic N) is 2. The van der Waals surface area contributed by atoms with Gasteiger partial charge in [-0.1, -0.05) is 42.1 Å². The number of nitrogens with one attached hydrogen (secondary N) is 2. The fourth-order valence-electron chi connectivity index (χ4n) is 2.73. The number of benzene rings is 2. The maximum atomic E-state index is 13.5. The van der Waals surface area contributed by atoms with Crippen LogP contribution >= 0.6 is 11.8 Å². The van der Waals surface area contributed by atoms with E-state index in [-0.39, 0.29) is 17.5 Å². The molecule has 2 aromatic carbocycles. The van der Waals surface area contributed by atoms with Crippen molar-refractivity contribution in [1.82, 2.24) is 20.3 Å². The van der Waals surface area contributed by atoms with Crippen LogP contribution in [-0.2, 0) is 11.3 Å². The van der Waals surface area contributed by atoms with Gasteiger partial charge in [-0.05, 0) is 23.8 Å². The van der Waals surface area contributed by atoms with E-state index in [0.717, 1.165) is 11.1 Å². The first-order chi connectivity index (χ1) is 12.7. The summed E-state index contributed by atoms with van der Waals surface area (Å²) in [5.41, 5.74) is 3.21. The lowest BCUT2D eigenvalue weighted by molar-refractivity contribution is -0.118. The van der Waals surface area contributed by atoms with Gasteiger partial charge < -0.3 is 10.3 Å². The zero-order valence-electron chi connectivity index (χ0n) is 13.7. The molecule has 0 unspecified atom stereocenters. The third kappa shape index (κ3) is 3.39. The van der Waals surface area contributed by atoms with Crippen molar-refractivity contribution in [1.29, 1.82) is 0 Å². The standard InChI is InChI=1S/C19H15FN4OS/c20-13-6-7-15-14(8-13)17-18(24-15)19(23-11-22-17)26-10-16(25)21-9-12-4-2-1-3-5-12/h1-8,11,24H,9-10H2,(H,21,25). The molecule has 130 valence electrons. The number of hydrogen-bond donors (Lipinski definition) is 2. The van der Waals surface area contributed by atoms with Crippen molar-refractivity contribution < 1.29 is 9.18 Å². The zero-order valence-corrected chi connectivity index (χ0v) is 14.5. The number of aromatic nitrogens is 3. The summed E-state index contributed by atoms with van der Waals surface area (Å²) in [5, 5.41) is 4.26. The van der Waals surface area contributed by atoms with Crippen LogP contribution in [0, 0.1) is 5.82 Å². The molecule has 0 fully saturated rings. The molecule has 2 aromatic heterocycles. The minimum atomic E-state index is -0.313. The minimum Gasteiger partial charge on any atom is -0.351 e. The Morgan fingerprint density at radius 1 is 1.15 bits per heavy atom. The normalized spacial score (nSPS) is 11.1. The summed E-state index contributed by atoms with van der Waals surface area (Å²) < 4.78 is 13.5. The van der Waals surface area contributed by atoms with Crippen molar-refractivity contribution in [3.05, 3.63) is 66.2 Å². The molecule has 0 aliphatic carbocycles. The van der Waals surface area contributed by atoms with Gasteiger partial charge in [-0.2, -0.15) is 0 Å². The second-order valence-electron chi connectivity index (χ2n) is 5.77. The number of H-pyrrole nitrogens is 1. The van der Waals surface area contributed by atoms with E-state index < -0.39 is 0 Å². The molecular weight excluding hydrogens is 351 g/mol. The monoisotopic (exact) mass is 366 g/mol. The van der Waals surface area contributed by atoms with Crippen molar-refractivity contribution in [2.45, 2.75) is 11.6 Å². The highest BCUT2D eigenvalue weighted by atomic mass is 32.2. The van der Waals surface area contributed by atoms with Gasteiger partial charge in [-0.3, -0.25) is 4.79 Å². The Morgan fingerprint density at radius 3 is 2.85 bits per heavy atom. The third-order valence-corrected chi connectivity index (χ3v) is 4.97. The van der Waals surface area contributed by atoms with Crippen molar-refractivity contribution >= 4 is 39.6 Å². The summed E-state index contributed by atoms with van der Waals surface area (Å²) in [6.45, 7) is 0.491. The molecule has 26 heavy (non-hydrogen) atoms. The Labute approximate surface area is 153 Å². The van der Waals surface area contributed by atoms with Gasteiger partial charge in [-0.25, -0.2) is 14.4 Å². The summed E-state index contributed by atoms with van der Waals surface area (Å²) in [6.07, 6.45) is 1.44. The molecule has 2 heterocycles. The summed E-state index contributed by atoms with van der Waals surface area (Å²) in [4.78, 5) is 23.8. The van der Waals surface area contributed by atoms with E-state index in [0.29, 0.717) is 28.0 Å². The van der Waals surface area contributed by atoms with Crippen LogP contribution in [0.5, 0.6) is 0 Å². The summed E-state index contributed by atoms with van der Waals surface area (Å²) in [7, 11) is 0. The molecule has 0 aliphatic rings. The number of amides is 1. The van der Waals surface area contributed by atoms with Gasteiger partial charge in [-0.15, -0.1) is 0 Å². The van der Waals surface area contributed by atoms with E-state index in [4.69, 9.17) is 0 Å². The number of carbonyl (C=O) groups excluding carboxylic acids is 1. The van der Waals surface area contributed by atoms with Crippen LogP contribution in [0.15, 0.2) is 59.9 Å². The zero-order chi connectivity index (χ0) is 17.9. The first kappa shape index (κ1) is 16.5. The van der Waals surface area contributed by atoms with Crippen LogP contribution < -0.4 is 5.32 Å². The van der Waals surface area contributed by atoms with Gasteiger partial charge in [0.05, 0.1) is 11.3 Å². The van der Waals surface area contributed by atoms with Gasteiger partial charge in [0.2, 0.25) is 5.91 Å². The molecule has 0 aliphatic heterocycles. The second kappa shape index (κ2) is 7.13. The molecule has 4 rings (SSSR count). The predicted octanol–water partition coefficient (Wildman–Crippen LogP) is 3.66. The SMILES string of the molecule is O=C(CSc1ncnc2c1[nH]c1ccc(F)cc12)NCc1ccccc1. The molecular formula is C19H15FN4OS. The Balaban J connectivity index is 1.48. The highest BCUT2D eigenvalue weighted by Crippen LogP contribution is 2.29. The molecule has 0 bridgehead atoms. The van der Waals surface area contributed by atoms with Gasteiger partial charge in [0, 0.05) is 17.4 Å². The maximum absolute atomic E-state index is 13.5. The fraction of sp³-hybridized carbons (Fsp3) is 0.105. The molecule has 0 atom stereocenters. The maximum Gasteiger partial charge on any atom is 0.230 e. The highest BCUT2D eigenvalue weighted by Gasteiger charge is 2.13. The number of rotatable bonds is 5. The molecule has 0 spiro atoms. The van der Waals surface area contributed by atoms with Crippen molar-refractivity contribution in [2.24, 2.45) is 0 Å². The number of halogens is 1. The number of aromatic amines is 1. The number of thioether (sulfide) groups is 1. The molecule has 0 saturated carbocycles. The largest absolute Gasteiger partial charge is 0.351 e. The lowest BCUT2D eigenvalue weighted by Gasteiger charge is -2.05. The first-order valence-electron chi connectivity index (χ1n) is 8.06. The lowest BCUT2D eigenvalue weighted by Crippen LogP contribution is -2.24. The molecule has 2 N–H and O–H groups in total. The van der Waals surface area contributed by atoms with E-state index >= 15 is 0 Å². The van der Waals surface area contributed by atoms with Gasteiger partial charge in [0.15, 0.2) is 0 Å². The second-order valence-corrected chi connectivity index (χ2v) is 6.73. The quantitative estimate of drug-likeness (QED) is 0.418. The fourth-order valence-corrected chi connectivity index (χ4v) is 3.52.